The molecule has 2 heteroatoms. The molecule has 1 atom stereocenters. The van der Waals surface area contributed by atoms with Gasteiger partial charge in [0.05, 0.1) is 0 Å². The lowest BCUT2D eigenvalue weighted by molar-refractivity contribution is 0.528. The molecule has 2 aliphatic carbocycles. The predicted molar refractivity (Wildman–Crippen MR) is 58.1 cm³/mol. The third-order valence-electron chi connectivity index (χ3n) is 3.30. The molecular formula is C12H16N2. The number of nitrogens with one attached hydrogen (secondary N) is 1. The molecule has 2 nitrogen and oxygen atoms in total. The van der Waals surface area contributed by atoms with Crippen molar-refractivity contribution >= 4 is 5.69 Å². The van der Waals surface area contributed by atoms with E-state index in [1.165, 1.54) is 36.8 Å². The van der Waals surface area contributed by atoms with Crippen LogP contribution >= 0.6 is 0 Å². The van der Waals surface area contributed by atoms with Gasteiger partial charge in [-0.2, -0.15) is 0 Å². The summed E-state index contributed by atoms with van der Waals surface area (Å²) in [6.07, 6.45) is 5.10. The summed E-state index contributed by atoms with van der Waals surface area (Å²) in [5, 5.41) is 3.67. The Kier molecular flexibility index (Phi) is 1.77. The summed E-state index contributed by atoms with van der Waals surface area (Å²) in [4.78, 5) is 0. The van der Waals surface area contributed by atoms with E-state index in [4.69, 9.17) is 5.73 Å². The number of aryl methyl sites for hydroxylation is 1. The second kappa shape index (κ2) is 2.99. The van der Waals surface area contributed by atoms with Crippen LogP contribution in [0.4, 0.5) is 5.69 Å². The molecule has 14 heavy (non-hydrogen) atoms. The van der Waals surface area contributed by atoms with Crippen LogP contribution in [-0.2, 0) is 6.42 Å². The maximum Gasteiger partial charge on any atom is 0.0365 e. The van der Waals surface area contributed by atoms with Crippen molar-refractivity contribution in [3.63, 3.8) is 0 Å². The van der Waals surface area contributed by atoms with Gasteiger partial charge in [-0.15, -0.1) is 0 Å². The molecule has 1 aromatic rings. The Bertz CT molecular complexity index is 355. The molecule has 1 saturated carbocycles. The number of hydrogen-bond acceptors (Lipinski definition) is 2. The first-order valence-corrected chi connectivity index (χ1v) is 5.48. The number of rotatable bonds is 2. The minimum Gasteiger partial charge on any atom is -0.398 e. The highest BCUT2D eigenvalue weighted by Gasteiger charge is 2.30. The Balaban J connectivity index is 1.91. The van der Waals surface area contributed by atoms with Crippen LogP contribution < -0.4 is 11.1 Å². The number of nitrogen functional groups attached to an aromatic ring is 1. The molecule has 1 fully saturated rings. The van der Waals surface area contributed by atoms with Gasteiger partial charge in [0.2, 0.25) is 0 Å². The van der Waals surface area contributed by atoms with Crippen molar-refractivity contribution in [2.45, 2.75) is 37.8 Å². The standard InChI is InChI=1S/C12H16N2/c13-10-3-1-2-8-4-7-11(12(8)10)14-9-5-6-9/h1-3,9,11,14H,4-7,13H2. The van der Waals surface area contributed by atoms with E-state index in [2.05, 4.69) is 17.4 Å². The average molecular weight is 188 g/mol. The second-order valence-corrected chi connectivity index (χ2v) is 4.45. The lowest BCUT2D eigenvalue weighted by Gasteiger charge is -2.15. The van der Waals surface area contributed by atoms with Crippen molar-refractivity contribution in [2.24, 2.45) is 0 Å². The van der Waals surface area contributed by atoms with Gasteiger partial charge in [-0.05, 0) is 42.9 Å². The van der Waals surface area contributed by atoms with Crippen LogP contribution in [0.15, 0.2) is 18.2 Å². The molecular weight excluding hydrogens is 172 g/mol. The zero-order valence-corrected chi connectivity index (χ0v) is 8.29. The molecule has 0 radical (unpaired) electrons. The molecule has 1 unspecified atom stereocenters. The molecule has 1 aromatic carbocycles. The van der Waals surface area contributed by atoms with Crippen molar-refractivity contribution in [1.82, 2.24) is 5.32 Å². The van der Waals surface area contributed by atoms with Crippen LogP contribution in [0.1, 0.15) is 36.4 Å². The van der Waals surface area contributed by atoms with Crippen molar-refractivity contribution in [2.75, 3.05) is 5.73 Å². The third-order valence-corrected chi connectivity index (χ3v) is 3.30. The van der Waals surface area contributed by atoms with Gasteiger partial charge in [0.1, 0.15) is 0 Å². The molecule has 0 aromatic heterocycles. The number of fused-ring (bicyclic) bond motifs is 1. The highest BCUT2D eigenvalue weighted by molar-refractivity contribution is 5.54. The predicted octanol–water partition coefficient (Wildman–Crippen LogP) is 2.01. The average Bonchev–Trinajstić information content (AvgIpc) is 2.88. The summed E-state index contributed by atoms with van der Waals surface area (Å²) < 4.78 is 0. The van der Waals surface area contributed by atoms with Gasteiger partial charge in [-0.3, -0.25) is 0 Å². The van der Waals surface area contributed by atoms with Gasteiger partial charge >= 0.3 is 0 Å². The number of nitrogens with two attached hydrogens (primary N) is 1. The number of hydrogen-bond donors (Lipinski definition) is 2. The SMILES string of the molecule is Nc1cccc2c1C(NC1CC1)CC2. The molecule has 0 bridgehead atoms. The molecule has 0 spiro atoms. The van der Waals surface area contributed by atoms with E-state index in [0.717, 1.165) is 11.7 Å². The van der Waals surface area contributed by atoms with Crippen LogP contribution in [0.3, 0.4) is 0 Å². The van der Waals surface area contributed by atoms with E-state index >= 15 is 0 Å². The summed E-state index contributed by atoms with van der Waals surface area (Å²) in [5.41, 5.74) is 9.81. The minimum atomic E-state index is 0.527. The van der Waals surface area contributed by atoms with E-state index in [0.29, 0.717) is 6.04 Å². The van der Waals surface area contributed by atoms with Crippen LogP contribution in [0.2, 0.25) is 0 Å². The topological polar surface area (TPSA) is 38.0 Å². The van der Waals surface area contributed by atoms with E-state index in [1.807, 2.05) is 6.07 Å². The van der Waals surface area contributed by atoms with Gasteiger partial charge in [0, 0.05) is 17.8 Å². The Hall–Kier alpha value is -1.02. The summed E-state index contributed by atoms with van der Waals surface area (Å²) >= 11 is 0. The fourth-order valence-electron chi connectivity index (χ4n) is 2.42. The molecule has 3 rings (SSSR count). The lowest BCUT2D eigenvalue weighted by Crippen LogP contribution is -2.21. The maximum absolute atomic E-state index is 6.02. The van der Waals surface area contributed by atoms with Crippen molar-refractivity contribution < 1.29 is 0 Å². The van der Waals surface area contributed by atoms with Crippen LogP contribution in [0.25, 0.3) is 0 Å². The van der Waals surface area contributed by atoms with Crippen molar-refractivity contribution in [3.05, 3.63) is 29.3 Å². The second-order valence-electron chi connectivity index (χ2n) is 4.45. The smallest absolute Gasteiger partial charge is 0.0365 e. The fourth-order valence-corrected chi connectivity index (χ4v) is 2.42. The first-order valence-electron chi connectivity index (χ1n) is 5.48. The Morgan fingerprint density at radius 2 is 2.07 bits per heavy atom. The molecule has 0 amide bonds. The van der Waals surface area contributed by atoms with Gasteiger partial charge in [0.15, 0.2) is 0 Å². The molecule has 74 valence electrons. The zero-order valence-electron chi connectivity index (χ0n) is 8.29. The minimum absolute atomic E-state index is 0.527. The molecule has 0 aliphatic heterocycles. The summed E-state index contributed by atoms with van der Waals surface area (Å²) in [7, 11) is 0. The normalized spacial score (nSPS) is 25.0. The quantitative estimate of drug-likeness (QED) is 0.697. The van der Waals surface area contributed by atoms with Crippen molar-refractivity contribution in [1.29, 1.82) is 0 Å². The highest BCUT2D eigenvalue weighted by Crippen LogP contribution is 2.37. The van der Waals surface area contributed by atoms with Gasteiger partial charge in [-0.25, -0.2) is 0 Å². The summed E-state index contributed by atoms with van der Waals surface area (Å²) in [5.74, 6) is 0. The van der Waals surface area contributed by atoms with E-state index < -0.39 is 0 Å². The van der Waals surface area contributed by atoms with Crippen molar-refractivity contribution in [3.8, 4) is 0 Å². The summed E-state index contributed by atoms with van der Waals surface area (Å²) in [6, 6.07) is 7.59. The van der Waals surface area contributed by atoms with E-state index in [-0.39, 0.29) is 0 Å². The monoisotopic (exact) mass is 188 g/mol. The van der Waals surface area contributed by atoms with Gasteiger partial charge < -0.3 is 11.1 Å². The number of benzene rings is 1. The van der Waals surface area contributed by atoms with E-state index in [1.54, 1.807) is 0 Å². The third kappa shape index (κ3) is 1.30. The molecule has 2 aliphatic rings. The molecule has 0 heterocycles. The Morgan fingerprint density at radius 1 is 1.21 bits per heavy atom. The fraction of sp³-hybridized carbons (Fsp3) is 0.500. The highest BCUT2D eigenvalue weighted by atomic mass is 15.0. The Morgan fingerprint density at radius 3 is 2.86 bits per heavy atom. The van der Waals surface area contributed by atoms with Crippen LogP contribution in [0.5, 0.6) is 0 Å². The summed E-state index contributed by atoms with van der Waals surface area (Å²) in [6.45, 7) is 0. The van der Waals surface area contributed by atoms with Gasteiger partial charge in [-0.1, -0.05) is 12.1 Å². The Labute approximate surface area is 84.5 Å². The molecule has 0 saturated heterocycles. The number of anilines is 1. The largest absolute Gasteiger partial charge is 0.398 e. The molecule has 3 N–H and O–H groups in total. The van der Waals surface area contributed by atoms with Crippen LogP contribution in [-0.4, -0.2) is 6.04 Å². The van der Waals surface area contributed by atoms with Crippen LogP contribution in [0, 0.1) is 0 Å². The maximum atomic E-state index is 6.02. The van der Waals surface area contributed by atoms with Gasteiger partial charge in [0.25, 0.3) is 0 Å². The lowest BCUT2D eigenvalue weighted by atomic mass is 10.1. The zero-order chi connectivity index (χ0) is 9.54. The first-order chi connectivity index (χ1) is 6.84. The first kappa shape index (κ1) is 8.30. The van der Waals surface area contributed by atoms with E-state index in [9.17, 15) is 0 Å².